The van der Waals surface area contributed by atoms with E-state index in [2.05, 4.69) is 25.7 Å². The number of carbonyl (C=O) groups is 1. The van der Waals surface area contributed by atoms with Crippen molar-refractivity contribution in [1.29, 1.82) is 0 Å². The molecule has 2 aromatic carbocycles. The van der Waals surface area contributed by atoms with E-state index in [0.29, 0.717) is 17.6 Å². The van der Waals surface area contributed by atoms with E-state index in [0.717, 1.165) is 26.7 Å². The number of carbonyl (C=O) groups excluding carboxylic acids is 1. The summed E-state index contributed by atoms with van der Waals surface area (Å²) >= 11 is 1.60. The molecule has 2 aromatic heterocycles. The second-order valence-electron chi connectivity index (χ2n) is 5.60. The number of amides is 1. The zero-order valence-corrected chi connectivity index (χ0v) is 14.3. The Morgan fingerprint density at radius 1 is 1.12 bits per heavy atom. The van der Waals surface area contributed by atoms with Crippen molar-refractivity contribution < 1.29 is 4.79 Å². The van der Waals surface area contributed by atoms with Crippen molar-refractivity contribution in [3.8, 4) is 10.6 Å². The van der Waals surface area contributed by atoms with Crippen LogP contribution in [0.4, 0.5) is 0 Å². The molecule has 0 saturated heterocycles. The van der Waals surface area contributed by atoms with Crippen LogP contribution >= 0.6 is 11.3 Å². The number of rotatable bonds is 4. The van der Waals surface area contributed by atoms with Gasteiger partial charge in [-0.3, -0.25) is 4.79 Å². The van der Waals surface area contributed by atoms with Crippen LogP contribution in [0, 0.1) is 6.92 Å². The van der Waals surface area contributed by atoms with Gasteiger partial charge in [-0.15, -0.1) is 11.3 Å². The van der Waals surface area contributed by atoms with Crippen molar-refractivity contribution in [2.75, 3.05) is 0 Å². The first-order valence-electron chi connectivity index (χ1n) is 7.81. The van der Waals surface area contributed by atoms with Gasteiger partial charge in [0.15, 0.2) is 0 Å². The Kier molecular flexibility index (Phi) is 3.99. The van der Waals surface area contributed by atoms with Crippen LogP contribution in [0.2, 0.25) is 0 Å². The van der Waals surface area contributed by atoms with Gasteiger partial charge >= 0.3 is 0 Å². The number of aromatic amines is 1. The lowest BCUT2D eigenvalue weighted by Gasteiger charge is -2.04. The zero-order chi connectivity index (χ0) is 17.2. The fourth-order valence-electron chi connectivity index (χ4n) is 2.54. The van der Waals surface area contributed by atoms with Gasteiger partial charge in [-0.2, -0.15) is 15.4 Å². The third-order valence-electron chi connectivity index (χ3n) is 3.90. The Hall–Kier alpha value is -3.06. The topological polar surface area (TPSA) is 83.6 Å². The molecule has 0 unspecified atom stereocenters. The SMILES string of the molecule is Cc1nc(-c2ccccc2)sc1CNC(=O)c1ccc2n[nH]nc2c1. The summed E-state index contributed by atoms with van der Waals surface area (Å²) in [6.45, 7) is 2.41. The van der Waals surface area contributed by atoms with E-state index in [9.17, 15) is 4.79 Å². The summed E-state index contributed by atoms with van der Waals surface area (Å²) in [5.74, 6) is -0.140. The van der Waals surface area contributed by atoms with E-state index in [-0.39, 0.29) is 5.91 Å². The molecule has 0 atom stereocenters. The number of H-pyrrole nitrogens is 1. The number of hydrogen-bond acceptors (Lipinski definition) is 5. The number of nitrogens with zero attached hydrogens (tertiary/aromatic N) is 3. The van der Waals surface area contributed by atoms with Crippen molar-refractivity contribution >= 4 is 28.3 Å². The summed E-state index contributed by atoms with van der Waals surface area (Å²) in [5, 5.41) is 14.5. The van der Waals surface area contributed by atoms with Crippen LogP contribution in [0.15, 0.2) is 48.5 Å². The Labute approximate surface area is 147 Å². The fourth-order valence-corrected chi connectivity index (χ4v) is 3.55. The molecule has 0 bridgehead atoms. The fraction of sp³-hybridized carbons (Fsp3) is 0.111. The molecule has 0 spiro atoms. The molecule has 0 saturated carbocycles. The van der Waals surface area contributed by atoms with Crippen molar-refractivity contribution in [3.63, 3.8) is 0 Å². The minimum absolute atomic E-state index is 0.140. The Balaban J connectivity index is 1.49. The quantitative estimate of drug-likeness (QED) is 0.592. The molecule has 4 aromatic rings. The molecule has 0 aliphatic heterocycles. The van der Waals surface area contributed by atoms with Gasteiger partial charge in [-0.25, -0.2) is 4.98 Å². The van der Waals surface area contributed by atoms with E-state index in [4.69, 9.17) is 0 Å². The summed E-state index contributed by atoms with van der Waals surface area (Å²) in [4.78, 5) is 18.0. The molecular weight excluding hydrogens is 334 g/mol. The number of thiazole rings is 1. The standard InChI is InChI=1S/C18H15N5OS/c1-11-16(25-18(20-11)12-5-3-2-4-6-12)10-19-17(24)13-7-8-14-15(9-13)22-23-21-14/h2-9H,10H2,1H3,(H,19,24)(H,21,22,23). The highest BCUT2D eigenvalue weighted by Gasteiger charge is 2.12. The maximum absolute atomic E-state index is 12.4. The molecule has 7 heteroatoms. The van der Waals surface area contributed by atoms with E-state index in [1.165, 1.54) is 0 Å². The number of fused-ring (bicyclic) bond motifs is 1. The minimum Gasteiger partial charge on any atom is -0.347 e. The summed E-state index contributed by atoms with van der Waals surface area (Å²) in [6, 6.07) is 15.3. The van der Waals surface area contributed by atoms with Crippen LogP contribution in [0.1, 0.15) is 20.9 Å². The highest BCUT2D eigenvalue weighted by atomic mass is 32.1. The molecule has 25 heavy (non-hydrogen) atoms. The number of hydrogen-bond donors (Lipinski definition) is 2. The lowest BCUT2D eigenvalue weighted by Crippen LogP contribution is -2.22. The summed E-state index contributed by atoms with van der Waals surface area (Å²) in [7, 11) is 0. The van der Waals surface area contributed by atoms with Crippen molar-refractivity contribution in [3.05, 3.63) is 64.7 Å². The second kappa shape index (κ2) is 6.45. The number of aryl methyl sites for hydroxylation is 1. The minimum atomic E-state index is -0.140. The molecular formula is C18H15N5OS. The highest BCUT2D eigenvalue weighted by Crippen LogP contribution is 2.27. The summed E-state index contributed by atoms with van der Waals surface area (Å²) in [6.07, 6.45) is 0. The van der Waals surface area contributed by atoms with Crippen LogP contribution in [0.25, 0.3) is 21.6 Å². The molecule has 1 amide bonds. The predicted molar refractivity (Wildman–Crippen MR) is 97.3 cm³/mol. The third-order valence-corrected chi connectivity index (χ3v) is 5.11. The molecule has 6 nitrogen and oxygen atoms in total. The first kappa shape index (κ1) is 15.5. The van der Waals surface area contributed by atoms with Gasteiger partial charge in [0.2, 0.25) is 0 Å². The van der Waals surface area contributed by atoms with Crippen molar-refractivity contribution in [2.24, 2.45) is 0 Å². The van der Waals surface area contributed by atoms with Crippen LogP contribution in [0.5, 0.6) is 0 Å². The van der Waals surface area contributed by atoms with Gasteiger partial charge in [-0.1, -0.05) is 30.3 Å². The zero-order valence-electron chi connectivity index (χ0n) is 13.5. The smallest absolute Gasteiger partial charge is 0.251 e. The maximum Gasteiger partial charge on any atom is 0.251 e. The van der Waals surface area contributed by atoms with Crippen LogP contribution < -0.4 is 5.32 Å². The Bertz CT molecular complexity index is 1040. The van der Waals surface area contributed by atoms with Gasteiger partial charge in [-0.05, 0) is 25.1 Å². The molecule has 4 rings (SSSR count). The molecule has 0 fully saturated rings. The first-order chi connectivity index (χ1) is 12.2. The largest absolute Gasteiger partial charge is 0.347 e. The van der Waals surface area contributed by atoms with E-state index < -0.39 is 0 Å². The average molecular weight is 349 g/mol. The third kappa shape index (κ3) is 3.14. The van der Waals surface area contributed by atoms with Crippen molar-refractivity contribution in [2.45, 2.75) is 13.5 Å². The highest BCUT2D eigenvalue weighted by molar-refractivity contribution is 7.15. The average Bonchev–Trinajstić information content (AvgIpc) is 3.26. The lowest BCUT2D eigenvalue weighted by atomic mass is 10.2. The summed E-state index contributed by atoms with van der Waals surface area (Å²) in [5.41, 5.74) is 4.00. The lowest BCUT2D eigenvalue weighted by molar-refractivity contribution is 0.0951. The number of nitrogens with one attached hydrogen (secondary N) is 2. The van der Waals surface area contributed by atoms with Gasteiger partial charge in [0.05, 0.1) is 12.2 Å². The van der Waals surface area contributed by atoms with Gasteiger partial charge in [0.25, 0.3) is 5.91 Å². The summed E-state index contributed by atoms with van der Waals surface area (Å²) < 4.78 is 0. The Morgan fingerprint density at radius 2 is 1.92 bits per heavy atom. The molecule has 0 radical (unpaired) electrons. The molecule has 2 heterocycles. The monoisotopic (exact) mass is 349 g/mol. The Morgan fingerprint density at radius 3 is 2.76 bits per heavy atom. The van der Waals surface area contributed by atoms with Gasteiger partial charge < -0.3 is 5.32 Å². The van der Waals surface area contributed by atoms with E-state index in [1.54, 1.807) is 29.5 Å². The van der Waals surface area contributed by atoms with Crippen LogP contribution in [0.3, 0.4) is 0 Å². The normalized spacial score (nSPS) is 10.9. The van der Waals surface area contributed by atoms with E-state index >= 15 is 0 Å². The van der Waals surface area contributed by atoms with Gasteiger partial charge in [0, 0.05) is 16.0 Å². The maximum atomic E-state index is 12.4. The van der Waals surface area contributed by atoms with Crippen LogP contribution in [-0.2, 0) is 6.54 Å². The predicted octanol–water partition coefficient (Wildman–Crippen LogP) is 3.32. The first-order valence-corrected chi connectivity index (χ1v) is 8.63. The van der Waals surface area contributed by atoms with Crippen molar-refractivity contribution in [1.82, 2.24) is 25.7 Å². The molecule has 2 N–H and O–H groups in total. The van der Waals surface area contributed by atoms with Gasteiger partial charge in [0.1, 0.15) is 16.0 Å². The van der Waals surface area contributed by atoms with E-state index in [1.807, 2.05) is 37.3 Å². The number of benzene rings is 2. The molecule has 124 valence electrons. The van der Waals surface area contributed by atoms with Crippen LogP contribution in [-0.4, -0.2) is 26.3 Å². The second-order valence-corrected chi connectivity index (χ2v) is 6.69. The molecule has 0 aliphatic carbocycles. The number of aromatic nitrogens is 4. The molecule has 0 aliphatic rings.